The third-order valence-corrected chi connectivity index (χ3v) is 5.36. The molecule has 1 N–H and O–H groups in total. The monoisotopic (exact) mass is 412 g/mol. The Hall–Kier alpha value is -2.63. The normalized spacial score (nSPS) is 10.9. The first-order valence-corrected chi connectivity index (χ1v) is 10.1. The van der Waals surface area contributed by atoms with E-state index in [9.17, 15) is 9.18 Å². The van der Waals surface area contributed by atoms with Crippen molar-refractivity contribution >= 4 is 35.5 Å². The molecule has 0 radical (unpaired) electrons. The Bertz CT molecular complexity index is 942. The molecule has 28 heavy (non-hydrogen) atoms. The minimum Gasteiger partial charge on any atom is -0.267 e. The lowest BCUT2D eigenvalue weighted by Gasteiger charge is -2.04. The summed E-state index contributed by atoms with van der Waals surface area (Å²) in [7, 11) is 0. The summed E-state index contributed by atoms with van der Waals surface area (Å²) >= 11 is 7.73. The number of benzene rings is 3. The molecule has 0 aliphatic carbocycles. The number of thioether (sulfide) groups is 1. The highest BCUT2D eigenvalue weighted by Gasteiger charge is 2.06. The van der Waals surface area contributed by atoms with E-state index in [0.29, 0.717) is 5.56 Å². The number of nitrogens with zero attached hydrogens (tertiary/aromatic N) is 1. The zero-order chi connectivity index (χ0) is 19.8. The number of amides is 1. The van der Waals surface area contributed by atoms with Crippen molar-refractivity contribution in [2.24, 2.45) is 5.10 Å². The molecule has 0 heterocycles. The third kappa shape index (κ3) is 5.68. The Morgan fingerprint density at radius 1 is 0.964 bits per heavy atom. The molecule has 6 heteroatoms. The van der Waals surface area contributed by atoms with Crippen molar-refractivity contribution in [3.8, 4) is 0 Å². The van der Waals surface area contributed by atoms with Crippen molar-refractivity contribution in [2.45, 2.75) is 11.5 Å². The summed E-state index contributed by atoms with van der Waals surface area (Å²) in [6.45, 7) is 0. The van der Waals surface area contributed by atoms with E-state index < -0.39 is 5.82 Å². The molecule has 0 aromatic heterocycles. The summed E-state index contributed by atoms with van der Waals surface area (Å²) in [5, 5.41) is 4.02. The molecule has 0 unspecified atom stereocenters. The molecule has 0 saturated carbocycles. The van der Waals surface area contributed by atoms with Crippen LogP contribution in [0.5, 0.6) is 0 Å². The Labute approximate surface area is 172 Å². The second kappa shape index (κ2) is 10.1. The molecule has 0 spiro atoms. The predicted molar refractivity (Wildman–Crippen MR) is 114 cm³/mol. The molecule has 3 nitrogen and oxygen atoms in total. The standard InChI is InChI=1S/C22H18ClFN2OS/c23-20-7-4-8-21(24)19(20)13-25-26-22(27)18-11-9-17(10-12-18)15-28-14-16-5-2-1-3-6-16/h1-13H,14-15H2,(H,26,27)/b25-13-. The molecule has 142 valence electrons. The summed E-state index contributed by atoms with van der Waals surface area (Å²) < 4.78 is 13.7. The van der Waals surface area contributed by atoms with Gasteiger partial charge in [0.2, 0.25) is 0 Å². The van der Waals surface area contributed by atoms with Crippen LogP contribution in [0.4, 0.5) is 4.39 Å². The first kappa shape index (κ1) is 20.1. The topological polar surface area (TPSA) is 41.5 Å². The van der Waals surface area contributed by atoms with E-state index in [1.807, 2.05) is 42.1 Å². The van der Waals surface area contributed by atoms with E-state index in [1.165, 1.54) is 23.9 Å². The van der Waals surface area contributed by atoms with Gasteiger partial charge in [-0.3, -0.25) is 4.79 Å². The number of carbonyl (C=O) groups is 1. The van der Waals surface area contributed by atoms with E-state index in [1.54, 1.807) is 18.2 Å². The maximum absolute atomic E-state index is 13.7. The smallest absolute Gasteiger partial charge is 0.267 e. The SMILES string of the molecule is O=C(N/N=C\c1c(F)cccc1Cl)c1ccc(CSCc2ccccc2)cc1. The fraction of sp³-hybridized carbons (Fsp3) is 0.0909. The number of rotatable bonds is 7. The quantitative estimate of drug-likeness (QED) is 0.401. The molecule has 0 fully saturated rings. The number of hydrogen-bond donors (Lipinski definition) is 1. The Morgan fingerprint density at radius 2 is 1.64 bits per heavy atom. The van der Waals surface area contributed by atoms with Crippen LogP contribution in [-0.4, -0.2) is 12.1 Å². The van der Waals surface area contributed by atoms with Gasteiger partial charge in [-0.05, 0) is 35.4 Å². The molecule has 3 aromatic carbocycles. The summed E-state index contributed by atoms with van der Waals surface area (Å²) in [6.07, 6.45) is 1.20. The molecule has 1 amide bonds. The van der Waals surface area contributed by atoms with Crippen molar-refractivity contribution in [1.29, 1.82) is 0 Å². The van der Waals surface area contributed by atoms with E-state index in [4.69, 9.17) is 11.6 Å². The van der Waals surface area contributed by atoms with Gasteiger partial charge in [-0.2, -0.15) is 16.9 Å². The highest BCUT2D eigenvalue weighted by molar-refractivity contribution is 7.97. The van der Waals surface area contributed by atoms with E-state index >= 15 is 0 Å². The van der Waals surface area contributed by atoms with Crippen LogP contribution in [0.15, 0.2) is 77.9 Å². The Kier molecular flexibility index (Phi) is 7.23. The summed E-state index contributed by atoms with van der Waals surface area (Å²) in [6, 6.07) is 22.0. The van der Waals surface area contributed by atoms with Crippen LogP contribution in [0.25, 0.3) is 0 Å². The van der Waals surface area contributed by atoms with Crippen LogP contribution in [0, 0.1) is 5.82 Å². The van der Waals surface area contributed by atoms with Crippen LogP contribution in [0.1, 0.15) is 27.0 Å². The largest absolute Gasteiger partial charge is 0.271 e. The number of halogens is 2. The lowest BCUT2D eigenvalue weighted by molar-refractivity contribution is 0.0955. The Morgan fingerprint density at radius 3 is 2.32 bits per heavy atom. The molecule has 3 rings (SSSR count). The molecule has 0 saturated heterocycles. The zero-order valence-corrected chi connectivity index (χ0v) is 16.5. The fourth-order valence-electron chi connectivity index (χ4n) is 2.47. The minimum absolute atomic E-state index is 0.134. The van der Waals surface area contributed by atoms with Crippen molar-refractivity contribution in [2.75, 3.05) is 0 Å². The fourth-order valence-corrected chi connectivity index (χ4v) is 3.64. The zero-order valence-electron chi connectivity index (χ0n) is 14.9. The van der Waals surface area contributed by atoms with Crippen molar-refractivity contribution in [3.05, 3.63) is 106 Å². The molecule has 0 bridgehead atoms. The molecule has 3 aromatic rings. The number of hydrazone groups is 1. The lowest BCUT2D eigenvalue weighted by Crippen LogP contribution is -2.17. The summed E-state index contributed by atoms with van der Waals surface area (Å²) in [5.74, 6) is 0.937. The van der Waals surface area contributed by atoms with Crippen LogP contribution in [-0.2, 0) is 11.5 Å². The van der Waals surface area contributed by atoms with Gasteiger partial charge in [-0.25, -0.2) is 9.82 Å². The van der Waals surface area contributed by atoms with Gasteiger partial charge < -0.3 is 0 Å². The van der Waals surface area contributed by atoms with Gasteiger partial charge in [0.1, 0.15) is 5.82 Å². The second-order valence-electron chi connectivity index (χ2n) is 6.01. The van der Waals surface area contributed by atoms with Gasteiger partial charge in [0.05, 0.1) is 11.2 Å². The molecular weight excluding hydrogens is 395 g/mol. The van der Waals surface area contributed by atoms with Crippen molar-refractivity contribution < 1.29 is 9.18 Å². The van der Waals surface area contributed by atoms with Gasteiger partial charge >= 0.3 is 0 Å². The minimum atomic E-state index is -0.497. The summed E-state index contributed by atoms with van der Waals surface area (Å²) in [5.41, 5.74) is 5.43. The van der Waals surface area contributed by atoms with E-state index in [2.05, 4.69) is 22.7 Å². The third-order valence-electron chi connectivity index (χ3n) is 3.96. The molecule has 0 aliphatic heterocycles. The van der Waals surface area contributed by atoms with Crippen LogP contribution in [0.3, 0.4) is 0 Å². The lowest BCUT2D eigenvalue weighted by atomic mass is 10.1. The number of carbonyl (C=O) groups excluding carboxylic acids is 1. The molecule has 0 aliphatic rings. The summed E-state index contributed by atoms with van der Waals surface area (Å²) in [4.78, 5) is 12.2. The molecular formula is C22H18ClFN2OS. The average Bonchev–Trinajstić information content (AvgIpc) is 2.71. The van der Waals surface area contributed by atoms with Gasteiger partial charge in [0, 0.05) is 22.6 Å². The second-order valence-corrected chi connectivity index (χ2v) is 7.40. The highest BCUT2D eigenvalue weighted by atomic mass is 35.5. The maximum Gasteiger partial charge on any atom is 0.271 e. The number of hydrogen-bond acceptors (Lipinski definition) is 3. The van der Waals surface area contributed by atoms with E-state index in [0.717, 1.165) is 17.1 Å². The highest BCUT2D eigenvalue weighted by Crippen LogP contribution is 2.18. The van der Waals surface area contributed by atoms with Crippen LogP contribution < -0.4 is 5.43 Å². The van der Waals surface area contributed by atoms with Crippen LogP contribution >= 0.6 is 23.4 Å². The van der Waals surface area contributed by atoms with Crippen LogP contribution in [0.2, 0.25) is 5.02 Å². The van der Waals surface area contributed by atoms with Crippen molar-refractivity contribution in [3.63, 3.8) is 0 Å². The predicted octanol–water partition coefficient (Wildman–Crippen LogP) is 5.68. The number of nitrogens with one attached hydrogen (secondary N) is 1. The van der Waals surface area contributed by atoms with Crippen molar-refractivity contribution in [1.82, 2.24) is 5.43 Å². The van der Waals surface area contributed by atoms with Gasteiger partial charge in [0.15, 0.2) is 0 Å². The first-order valence-electron chi connectivity index (χ1n) is 8.61. The first-order chi connectivity index (χ1) is 13.6. The van der Waals surface area contributed by atoms with Gasteiger partial charge in [-0.15, -0.1) is 0 Å². The Balaban J connectivity index is 1.51. The van der Waals surface area contributed by atoms with E-state index in [-0.39, 0.29) is 16.5 Å². The molecule has 0 atom stereocenters. The maximum atomic E-state index is 13.7. The van der Waals surface area contributed by atoms with Gasteiger partial charge in [-0.1, -0.05) is 60.1 Å². The van der Waals surface area contributed by atoms with Gasteiger partial charge in [0.25, 0.3) is 5.91 Å². The average molecular weight is 413 g/mol.